The number of hydrogen-bond donors (Lipinski definition) is 1. The van der Waals surface area contributed by atoms with Crippen LogP contribution in [0.5, 0.6) is 0 Å². The maximum absolute atomic E-state index is 5.56. The van der Waals surface area contributed by atoms with Crippen LogP contribution < -0.4 is 5.32 Å². The van der Waals surface area contributed by atoms with Gasteiger partial charge in [-0.1, -0.05) is 0 Å². The topological polar surface area (TPSA) is 31.2 Å². The zero-order valence-electron chi connectivity index (χ0n) is 5.98. The molecule has 0 aromatic heterocycles. The van der Waals surface area contributed by atoms with Gasteiger partial charge in [0.2, 0.25) is 0 Å². The monoisotopic (exact) mass is 127 g/mol. The Morgan fingerprint density at radius 2 is 2.33 bits per heavy atom. The van der Waals surface area contributed by atoms with Gasteiger partial charge in [-0.3, -0.25) is 0 Å². The van der Waals surface area contributed by atoms with E-state index in [2.05, 4.69) is 19.2 Å². The standard InChI is InChI=1S/C7H13NO/c1-7(2)6-5(8-6)3-4-9-7/h5-6,8H,3-4H2,1-2H3. The van der Waals surface area contributed by atoms with Crippen molar-refractivity contribution in [3.05, 3.63) is 0 Å². The molecule has 1 N–H and O–H groups in total. The second-order valence-electron chi connectivity index (χ2n) is 3.49. The first kappa shape index (κ1) is 5.69. The predicted octanol–water partition coefficient (Wildman–Crippen LogP) is 0.526. The molecular weight excluding hydrogens is 114 g/mol. The Bertz CT molecular complexity index is 133. The molecule has 52 valence electrons. The van der Waals surface area contributed by atoms with Crippen LogP contribution in [0.3, 0.4) is 0 Å². The molecule has 0 radical (unpaired) electrons. The fourth-order valence-corrected chi connectivity index (χ4v) is 1.65. The largest absolute Gasteiger partial charge is 0.374 e. The van der Waals surface area contributed by atoms with Gasteiger partial charge in [-0.25, -0.2) is 0 Å². The average Bonchev–Trinajstić information content (AvgIpc) is 2.43. The Kier molecular flexibility index (Phi) is 0.945. The van der Waals surface area contributed by atoms with Crippen LogP contribution in [0.2, 0.25) is 0 Å². The Morgan fingerprint density at radius 3 is 2.89 bits per heavy atom. The van der Waals surface area contributed by atoms with E-state index in [1.807, 2.05) is 0 Å². The maximum Gasteiger partial charge on any atom is 0.0794 e. The van der Waals surface area contributed by atoms with E-state index in [1.54, 1.807) is 0 Å². The molecule has 2 aliphatic heterocycles. The smallest absolute Gasteiger partial charge is 0.0794 e. The van der Waals surface area contributed by atoms with Gasteiger partial charge in [0.15, 0.2) is 0 Å². The Balaban J connectivity index is 2.09. The Hall–Kier alpha value is -0.0800. The van der Waals surface area contributed by atoms with Gasteiger partial charge in [0.25, 0.3) is 0 Å². The molecule has 2 unspecified atom stereocenters. The highest BCUT2D eigenvalue weighted by Gasteiger charge is 2.50. The third-order valence-electron chi connectivity index (χ3n) is 2.34. The molecule has 2 fully saturated rings. The van der Waals surface area contributed by atoms with Gasteiger partial charge in [0, 0.05) is 12.6 Å². The first-order chi connectivity index (χ1) is 4.20. The van der Waals surface area contributed by atoms with Gasteiger partial charge >= 0.3 is 0 Å². The van der Waals surface area contributed by atoms with Crippen molar-refractivity contribution in [1.29, 1.82) is 0 Å². The van der Waals surface area contributed by atoms with Crippen molar-refractivity contribution in [2.75, 3.05) is 6.61 Å². The van der Waals surface area contributed by atoms with Crippen LogP contribution in [0.1, 0.15) is 20.3 Å². The van der Waals surface area contributed by atoms with E-state index < -0.39 is 0 Å². The molecule has 2 aliphatic rings. The van der Waals surface area contributed by atoms with Crippen LogP contribution in [-0.2, 0) is 4.74 Å². The number of ether oxygens (including phenoxy) is 1. The molecule has 0 spiro atoms. The quantitative estimate of drug-likeness (QED) is 0.481. The summed E-state index contributed by atoms with van der Waals surface area (Å²) in [4.78, 5) is 0. The minimum Gasteiger partial charge on any atom is -0.374 e. The molecule has 0 aromatic carbocycles. The average molecular weight is 127 g/mol. The van der Waals surface area contributed by atoms with Gasteiger partial charge in [-0.05, 0) is 20.3 Å². The molecule has 9 heavy (non-hydrogen) atoms. The van der Waals surface area contributed by atoms with Crippen LogP contribution >= 0.6 is 0 Å². The summed E-state index contributed by atoms with van der Waals surface area (Å²) in [7, 11) is 0. The number of hydrogen-bond acceptors (Lipinski definition) is 2. The summed E-state index contributed by atoms with van der Waals surface area (Å²) in [6.45, 7) is 5.24. The number of nitrogens with one attached hydrogen (secondary N) is 1. The zero-order valence-corrected chi connectivity index (χ0v) is 5.98. The van der Waals surface area contributed by atoms with Crippen molar-refractivity contribution in [2.45, 2.75) is 38.0 Å². The minimum atomic E-state index is 0.100. The second-order valence-corrected chi connectivity index (χ2v) is 3.49. The molecular formula is C7H13NO. The molecule has 2 rings (SSSR count). The van der Waals surface area contributed by atoms with Crippen molar-refractivity contribution >= 4 is 0 Å². The van der Waals surface area contributed by atoms with Gasteiger partial charge in [0.05, 0.1) is 11.6 Å². The molecule has 0 aliphatic carbocycles. The molecule has 2 heteroatoms. The lowest BCUT2D eigenvalue weighted by Gasteiger charge is -2.27. The fourth-order valence-electron chi connectivity index (χ4n) is 1.65. The number of rotatable bonds is 0. The lowest BCUT2D eigenvalue weighted by Crippen LogP contribution is -2.37. The normalized spacial score (nSPS) is 46.0. The summed E-state index contributed by atoms with van der Waals surface area (Å²) < 4.78 is 5.56. The molecule has 2 nitrogen and oxygen atoms in total. The molecule has 0 aromatic rings. The van der Waals surface area contributed by atoms with E-state index in [4.69, 9.17) is 4.74 Å². The first-order valence-corrected chi connectivity index (χ1v) is 3.60. The third kappa shape index (κ3) is 0.775. The maximum atomic E-state index is 5.56. The molecule has 2 atom stereocenters. The molecule has 2 saturated heterocycles. The predicted molar refractivity (Wildman–Crippen MR) is 35.4 cm³/mol. The highest BCUT2D eigenvalue weighted by atomic mass is 16.5. The van der Waals surface area contributed by atoms with Gasteiger partial charge in [-0.15, -0.1) is 0 Å². The van der Waals surface area contributed by atoms with Crippen LogP contribution in [0.15, 0.2) is 0 Å². The molecule has 2 heterocycles. The van der Waals surface area contributed by atoms with Crippen LogP contribution in [0.4, 0.5) is 0 Å². The van der Waals surface area contributed by atoms with E-state index in [1.165, 1.54) is 6.42 Å². The van der Waals surface area contributed by atoms with Crippen LogP contribution in [0.25, 0.3) is 0 Å². The minimum absolute atomic E-state index is 0.100. The highest BCUT2D eigenvalue weighted by Crippen LogP contribution is 2.33. The van der Waals surface area contributed by atoms with Crippen molar-refractivity contribution in [2.24, 2.45) is 0 Å². The number of fused-ring (bicyclic) bond motifs is 1. The van der Waals surface area contributed by atoms with Gasteiger partial charge in [-0.2, -0.15) is 0 Å². The van der Waals surface area contributed by atoms with E-state index in [0.717, 1.165) is 12.6 Å². The van der Waals surface area contributed by atoms with E-state index in [-0.39, 0.29) is 5.60 Å². The van der Waals surface area contributed by atoms with E-state index in [0.29, 0.717) is 6.04 Å². The first-order valence-electron chi connectivity index (χ1n) is 3.60. The lowest BCUT2D eigenvalue weighted by atomic mass is 9.98. The van der Waals surface area contributed by atoms with E-state index >= 15 is 0 Å². The highest BCUT2D eigenvalue weighted by molar-refractivity contribution is 5.09. The summed E-state index contributed by atoms with van der Waals surface area (Å²) in [5, 5.41) is 3.40. The summed E-state index contributed by atoms with van der Waals surface area (Å²) in [6.07, 6.45) is 1.20. The molecule has 0 amide bonds. The van der Waals surface area contributed by atoms with Gasteiger partial charge in [0.1, 0.15) is 0 Å². The summed E-state index contributed by atoms with van der Waals surface area (Å²) >= 11 is 0. The van der Waals surface area contributed by atoms with Gasteiger partial charge < -0.3 is 10.1 Å². The van der Waals surface area contributed by atoms with Crippen LogP contribution in [0, 0.1) is 0 Å². The van der Waals surface area contributed by atoms with Crippen molar-refractivity contribution < 1.29 is 4.74 Å². The Morgan fingerprint density at radius 1 is 1.56 bits per heavy atom. The van der Waals surface area contributed by atoms with E-state index in [9.17, 15) is 0 Å². The van der Waals surface area contributed by atoms with Crippen molar-refractivity contribution in [1.82, 2.24) is 5.32 Å². The summed E-state index contributed by atoms with van der Waals surface area (Å²) in [5.41, 5.74) is 0.100. The zero-order chi connectivity index (χ0) is 6.48. The third-order valence-corrected chi connectivity index (χ3v) is 2.34. The molecule has 0 saturated carbocycles. The summed E-state index contributed by atoms with van der Waals surface area (Å²) in [5.74, 6) is 0. The fraction of sp³-hybridized carbons (Fsp3) is 1.00. The lowest BCUT2D eigenvalue weighted by molar-refractivity contribution is -0.0360. The van der Waals surface area contributed by atoms with Crippen molar-refractivity contribution in [3.63, 3.8) is 0 Å². The summed E-state index contributed by atoms with van der Waals surface area (Å²) in [6, 6.07) is 1.42. The SMILES string of the molecule is CC1(C)OCCC2NC21. The Labute approximate surface area is 55.6 Å². The molecule has 0 bridgehead atoms. The van der Waals surface area contributed by atoms with Crippen LogP contribution in [-0.4, -0.2) is 24.3 Å². The second kappa shape index (κ2) is 1.50. The van der Waals surface area contributed by atoms with Crippen molar-refractivity contribution in [3.8, 4) is 0 Å².